The van der Waals surface area contributed by atoms with Crippen LogP contribution in [-0.2, 0) is 0 Å². The molecule has 136 valence electrons. The summed E-state index contributed by atoms with van der Waals surface area (Å²) in [5.74, 6) is 0.799. The van der Waals surface area contributed by atoms with Gasteiger partial charge in [-0.05, 0) is 27.2 Å². The highest BCUT2D eigenvalue weighted by atomic mass is 32.1. The fraction of sp³-hybridized carbons (Fsp3) is 0.412. The molecular formula is C17H21N7S2. The van der Waals surface area contributed by atoms with Crippen LogP contribution in [0.15, 0.2) is 21.9 Å². The van der Waals surface area contributed by atoms with Crippen LogP contribution in [0.2, 0.25) is 0 Å². The highest BCUT2D eigenvalue weighted by molar-refractivity contribution is 7.14. The summed E-state index contributed by atoms with van der Waals surface area (Å²) in [4.78, 5) is 13.8. The van der Waals surface area contributed by atoms with Crippen molar-refractivity contribution in [3.63, 3.8) is 0 Å². The summed E-state index contributed by atoms with van der Waals surface area (Å²) in [6, 6.07) is 0.340. The van der Waals surface area contributed by atoms with Crippen LogP contribution in [0.3, 0.4) is 0 Å². The molecule has 7 nitrogen and oxygen atoms in total. The number of anilines is 1. The van der Waals surface area contributed by atoms with Gasteiger partial charge in [-0.3, -0.25) is 9.67 Å². The average molecular weight is 388 g/mol. The lowest BCUT2D eigenvalue weighted by Crippen LogP contribution is -2.35. The second-order valence-electron chi connectivity index (χ2n) is 6.39. The molecule has 0 radical (unpaired) electrons. The van der Waals surface area contributed by atoms with Crippen molar-refractivity contribution >= 4 is 33.8 Å². The first-order valence-electron chi connectivity index (χ1n) is 8.63. The normalized spacial score (nSPS) is 14.4. The predicted octanol–water partition coefficient (Wildman–Crippen LogP) is 3.78. The van der Waals surface area contributed by atoms with Gasteiger partial charge in [-0.1, -0.05) is 0 Å². The Bertz CT molecular complexity index is 935. The molecule has 1 aliphatic rings. The van der Waals surface area contributed by atoms with Crippen molar-refractivity contribution in [2.24, 2.45) is 4.99 Å². The van der Waals surface area contributed by atoms with Gasteiger partial charge in [0, 0.05) is 35.6 Å². The maximum atomic E-state index is 4.78. The Kier molecular flexibility index (Phi) is 4.73. The third-order valence-electron chi connectivity index (χ3n) is 4.16. The van der Waals surface area contributed by atoms with Crippen molar-refractivity contribution in [2.75, 3.05) is 18.4 Å². The molecule has 4 rings (SSSR count). The molecule has 0 saturated carbocycles. The second-order valence-corrected chi connectivity index (χ2v) is 8.11. The van der Waals surface area contributed by atoms with E-state index in [1.54, 1.807) is 22.7 Å². The molecule has 3 aromatic rings. The molecule has 0 fully saturated rings. The molecule has 0 atom stereocenters. The third kappa shape index (κ3) is 3.36. The molecule has 3 aromatic heterocycles. The van der Waals surface area contributed by atoms with Crippen LogP contribution in [0.5, 0.6) is 0 Å². The van der Waals surface area contributed by atoms with E-state index < -0.39 is 0 Å². The fourth-order valence-electron chi connectivity index (χ4n) is 2.84. The van der Waals surface area contributed by atoms with Gasteiger partial charge >= 0.3 is 0 Å². The quantitative estimate of drug-likeness (QED) is 0.712. The van der Waals surface area contributed by atoms with E-state index >= 15 is 0 Å². The van der Waals surface area contributed by atoms with E-state index in [1.165, 1.54) is 0 Å². The topological polar surface area (TPSA) is 80.0 Å². The molecule has 4 heterocycles. The van der Waals surface area contributed by atoms with Gasteiger partial charge in [0.05, 0.1) is 11.8 Å². The van der Waals surface area contributed by atoms with Crippen LogP contribution < -0.4 is 10.6 Å². The Balaban J connectivity index is 1.54. The molecule has 0 aliphatic carbocycles. The average Bonchev–Trinajstić information content (AvgIpc) is 3.34. The third-order valence-corrected chi connectivity index (χ3v) is 5.79. The van der Waals surface area contributed by atoms with Gasteiger partial charge in [0.25, 0.3) is 0 Å². The molecule has 2 N–H and O–H groups in total. The molecule has 0 unspecified atom stereocenters. The molecular weight excluding hydrogens is 366 g/mol. The van der Waals surface area contributed by atoms with E-state index in [1.807, 2.05) is 16.3 Å². The minimum absolute atomic E-state index is 0.340. The number of hydrogen-bond acceptors (Lipinski definition) is 8. The Morgan fingerprint density at radius 1 is 1.19 bits per heavy atom. The number of thiazole rings is 2. The molecule has 0 spiro atoms. The molecule has 0 saturated heterocycles. The highest BCUT2D eigenvalue weighted by Gasteiger charge is 2.16. The van der Waals surface area contributed by atoms with Crippen LogP contribution in [0.4, 0.5) is 5.13 Å². The summed E-state index contributed by atoms with van der Waals surface area (Å²) < 4.78 is 2.03. The van der Waals surface area contributed by atoms with Gasteiger partial charge in [-0.25, -0.2) is 9.97 Å². The first-order valence-corrected chi connectivity index (χ1v) is 10.4. The number of hydrogen-bond donors (Lipinski definition) is 2. The van der Waals surface area contributed by atoms with E-state index in [4.69, 9.17) is 4.98 Å². The van der Waals surface area contributed by atoms with Crippen LogP contribution in [-0.4, -0.2) is 38.8 Å². The lowest BCUT2D eigenvalue weighted by molar-refractivity contribution is 0.519. The van der Waals surface area contributed by atoms with Crippen LogP contribution in [0.25, 0.3) is 22.0 Å². The Labute approximate surface area is 160 Å². The molecule has 9 heteroatoms. The highest BCUT2D eigenvalue weighted by Crippen LogP contribution is 2.32. The maximum Gasteiger partial charge on any atom is 0.197 e. The zero-order valence-corrected chi connectivity index (χ0v) is 16.6. The van der Waals surface area contributed by atoms with Crippen molar-refractivity contribution < 1.29 is 0 Å². The maximum absolute atomic E-state index is 4.78. The van der Waals surface area contributed by atoms with Gasteiger partial charge in [0.1, 0.15) is 16.4 Å². The van der Waals surface area contributed by atoms with E-state index in [0.29, 0.717) is 6.04 Å². The number of rotatable bonds is 4. The molecule has 26 heavy (non-hydrogen) atoms. The van der Waals surface area contributed by atoms with Gasteiger partial charge in [0.15, 0.2) is 11.1 Å². The minimum atomic E-state index is 0.340. The molecule has 0 aromatic carbocycles. The summed E-state index contributed by atoms with van der Waals surface area (Å²) in [6.45, 7) is 8.15. The van der Waals surface area contributed by atoms with E-state index in [0.717, 1.165) is 58.3 Å². The summed E-state index contributed by atoms with van der Waals surface area (Å²) >= 11 is 3.18. The number of guanidine groups is 1. The standard InChI is InChI=1S/C17H21N7S2/c1-10(2)24-11(3)12(7-20-24)15-21-13(8-25-15)14-9-26-17(22-14)23-16-18-5-4-6-19-16/h7-10H,4-6H2,1-3H3,(H2,18,19,22,23). The number of nitrogens with one attached hydrogen (secondary N) is 2. The second kappa shape index (κ2) is 7.16. The number of aromatic nitrogens is 4. The minimum Gasteiger partial charge on any atom is -0.356 e. The Morgan fingerprint density at radius 3 is 2.73 bits per heavy atom. The zero-order chi connectivity index (χ0) is 18.1. The van der Waals surface area contributed by atoms with Crippen LogP contribution in [0.1, 0.15) is 32.0 Å². The lowest BCUT2D eigenvalue weighted by atomic mass is 10.2. The summed E-state index contributed by atoms with van der Waals surface area (Å²) in [7, 11) is 0. The van der Waals surface area contributed by atoms with E-state index in [9.17, 15) is 0 Å². The largest absolute Gasteiger partial charge is 0.356 e. The lowest BCUT2D eigenvalue weighted by Gasteiger charge is -2.13. The SMILES string of the molecule is Cc1c(-c2nc(-c3csc(NC4=NCCCN4)n3)cs2)cnn1C(C)C. The van der Waals surface area contributed by atoms with Crippen molar-refractivity contribution in [3.8, 4) is 22.0 Å². The predicted molar refractivity (Wildman–Crippen MR) is 108 cm³/mol. The number of aliphatic imine (C=N–C) groups is 1. The Morgan fingerprint density at radius 2 is 2.00 bits per heavy atom. The molecule has 1 aliphatic heterocycles. The van der Waals surface area contributed by atoms with E-state index in [-0.39, 0.29) is 0 Å². The first kappa shape index (κ1) is 17.2. The summed E-state index contributed by atoms with van der Waals surface area (Å²) in [6.07, 6.45) is 2.97. The molecule has 0 bridgehead atoms. The van der Waals surface area contributed by atoms with Gasteiger partial charge in [-0.15, -0.1) is 22.7 Å². The zero-order valence-electron chi connectivity index (χ0n) is 15.0. The van der Waals surface area contributed by atoms with Crippen LogP contribution in [0, 0.1) is 6.92 Å². The summed E-state index contributed by atoms with van der Waals surface area (Å²) in [5, 5.41) is 16.8. The van der Waals surface area contributed by atoms with Crippen molar-refractivity contribution in [3.05, 3.63) is 22.7 Å². The van der Waals surface area contributed by atoms with E-state index in [2.05, 4.69) is 51.9 Å². The van der Waals surface area contributed by atoms with Crippen molar-refractivity contribution in [1.82, 2.24) is 25.1 Å². The van der Waals surface area contributed by atoms with Gasteiger partial charge < -0.3 is 10.6 Å². The number of nitrogens with zero attached hydrogens (tertiary/aromatic N) is 5. The van der Waals surface area contributed by atoms with Gasteiger partial charge in [-0.2, -0.15) is 5.10 Å². The fourth-order valence-corrected chi connectivity index (χ4v) is 4.41. The first-order chi connectivity index (χ1) is 12.6. The van der Waals surface area contributed by atoms with Crippen molar-refractivity contribution in [1.29, 1.82) is 0 Å². The van der Waals surface area contributed by atoms with Crippen LogP contribution >= 0.6 is 22.7 Å². The smallest absolute Gasteiger partial charge is 0.197 e. The van der Waals surface area contributed by atoms with Gasteiger partial charge in [0.2, 0.25) is 0 Å². The summed E-state index contributed by atoms with van der Waals surface area (Å²) in [5.41, 5.74) is 4.00. The Hall–Kier alpha value is -2.26. The monoisotopic (exact) mass is 387 g/mol. The van der Waals surface area contributed by atoms with Crippen molar-refractivity contribution in [2.45, 2.75) is 33.2 Å². The molecule has 0 amide bonds.